The van der Waals surface area contributed by atoms with Crippen LogP contribution in [0.3, 0.4) is 0 Å². The largest absolute Gasteiger partial charge is 1.00 e. The minimum absolute atomic E-state index is 0. The smallest absolute Gasteiger partial charge is 1.00 e. The third-order valence-electron chi connectivity index (χ3n) is 26.9. The van der Waals surface area contributed by atoms with Gasteiger partial charge in [-0.2, -0.15) is 0 Å². The van der Waals surface area contributed by atoms with Gasteiger partial charge in [-0.25, -0.2) is 0 Å². The van der Waals surface area contributed by atoms with Gasteiger partial charge in [-0.3, -0.25) is 4.79 Å². The monoisotopic (exact) mass is 1830 g/mol. The van der Waals surface area contributed by atoms with E-state index in [1.807, 2.05) is 18.3 Å². The van der Waals surface area contributed by atoms with Crippen LogP contribution in [0.15, 0.2) is 392 Å². The van der Waals surface area contributed by atoms with E-state index in [9.17, 15) is 4.79 Å². The number of rotatable bonds is 15. The Hall–Kier alpha value is -12.9. The maximum Gasteiger partial charge on any atom is 1.00 e. The van der Waals surface area contributed by atoms with Crippen molar-refractivity contribution < 1.29 is 40.5 Å². The Morgan fingerprint density at radius 1 is 0.336 bits per heavy atom. The van der Waals surface area contributed by atoms with Crippen molar-refractivity contribution in [3.05, 3.63) is 453 Å². The van der Waals surface area contributed by atoms with Gasteiger partial charge in [0, 0.05) is 161 Å². The number of benzene rings is 17. The molecule has 0 atom stereocenters. The van der Waals surface area contributed by atoms with Crippen LogP contribution in [-0.4, -0.2) is 50.7 Å². The summed E-state index contributed by atoms with van der Waals surface area (Å²) in [6.07, 6.45) is 10.3. The average Bonchev–Trinajstić information content (AvgIpc) is 1.59. The van der Waals surface area contributed by atoms with Gasteiger partial charge in [0.15, 0.2) is 0 Å². The molecule has 26 rings (SSSR count). The second kappa shape index (κ2) is 37.9. The zero-order valence-electron chi connectivity index (χ0n) is 74.3. The van der Waals surface area contributed by atoms with Crippen molar-refractivity contribution in [1.82, 2.24) is 28.2 Å². The molecule has 17 aromatic carbocycles. The number of hydrogen-bond acceptors (Lipinski definition) is 3. The maximum atomic E-state index is 11.5. The Morgan fingerprint density at radius 2 is 0.656 bits per heavy atom. The minimum Gasteiger partial charge on any atom is -1.00 e. The number of carbonyl (C=O) groups is 1. The van der Waals surface area contributed by atoms with Crippen molar-refractivity contribution in [2.75, 3.05) is 13.2 Å². The normalized spacial score (nSPS) is 12.6. The summed E-state index contributed by atoms with van der Waals surface area (Å²) in [6.45, 7) is 9.47. The molecule has 22 aromatic rings. The molecule has 1 N–H and O–H groups in total. The van der Waals surface area contributed by atoms with E-state index >= 15 is 0 Å². The Balaban J connectivity index is 0.000000123. The van der Waals surface area contributed by atoms with Crippen molar-refractivity contribution in [3.63, 3.8) is 0 Å². The third-order valence-corrected chi connectivity index (χ3v) is 27.9. The number of nitrogens with one attached hydrogen (secondary N) is 1. The summed E-state index contributed by atoms with van der Waals surface area (Å²) in [5.74, 6) is 0. The van der Waals surface area contributed by atoms with Gasteiger partial charge in [-0.05, 0) is 261 Å². The van der Waals surface area contributed by atoms with E-state index in [1.54, 1.807) is 0 Å². The third kappa shape index (κ3) is 16.6. The molecule has 0 bridgehead atoms. The number of para-hydroxylation sites is 8. The van der Waals surface area contributed by atoms with Crippen molar-refractivity contribution >= 4 is 162 Å². The fourth-order valence-corrected chi connectivity index (χ4v) is 21.5. The van der Waals surface area contributed by atoms with Crippen molar-refractivity contribution in [3.8, 4) is 39.1 Å². The molecule has 12 heteroatoms. The van der Waals surface area contributed by atoms with Gasteiger partial charge in [0.2, 0.25) is 0 Å². The summed E-state index contributed by atoms with van der Waals surface area (Å²) >= 11 is 7.05. The van der Waals surface area contributed by atoms with Crippen LogP contribution in [-0.2, 0) is 63.0 Å². The van der Waals surface area contributed by atoms with Gasteiger partial charge in [0.25, 0.3) is 0 Å². The standard InChI is InChI=1S/C47H35N3O.C41H32N2.C14H11N.C13H8Br2.C4H8O.B.Na.H/c51-31-34-17-21-35(22-18-34)50-46-23-19-32(25-27-48-42-13-5-1-9-36(42)37-10-2-6-14-43(37)48)29-40(46)41-30-33(20-24-47(41)50)26-28-49-44-15-7-3-11-38(44)39-12-4-8-16-45(39)49;1-3-13-35-31(9-1)32-10-2-4-14-36(32)41(35)42-26-28-18-20-30-25-29-19-17-27(23-37(29)38(30)24-28)21-22-43-39-15-7-5-11-33(39)34-12-6-8-16-40(34)43;1-2-15-13-9-5-3-7-11(13)12-8-4-6-10-14(12)15;14-10-3-1-8-5-9-2-4-11(15)7-13(9)12(8)6-10;1-2-4-5-3-1;;;/h1-24,29-31H,25-28H2;1-20,23-24,41-42H,21-22,25-26H2;2-10H,1H2;1-4,6-7H,5H2;1-4H2;;;/q;;;;;;+1;-1. The first kappa shape index (κ1) is 86.2. The van der Waals surface area contributed by atoms with Crippen LogP contribution in [0, 0.1) is 0 Å². The molecule has 3 radical (unpaired) electrons. The number of ether oxygens (including phenoxy) is 1. The minimum atomic E-state index is 0. The molecule has 3 aliphatic carbocycles. The molecule has 1 aliphatic heterocycles. The van der Waals surface area contributed by atoms with Crippen LogP contribution < -0.4 is 34.9 Å². The van der Waals surface area contributed by atoms with Crippen LogP contribution >= 0.6 is 31.9 Å². The van der Waals surface area contributed by atoms with E-state index in [-0.39, 0.29) is 45.4 Å². The summed E-state index contributed by atoms with van der Waals surface area (Å²) in [7, 11) is 0. The van der Waals surface area contributed by atoms with Gasteiger partial charge in [-0.15, -0.1) is 0 Å². The Kier molecular flexibility index (Phi) is 24.9. The Bertz CT molecular complexity index is 7620. The van der Waals surface area contributed by atoms with Crippen LogP contribution in [0.5, 0.6) is 0 Å². The number of fused-ring (bicyclic) bond motifs is 24. The van der Waals surface area contributed by atoms with E-state index in [0.717, 1.165) is 92.4 Å². The fraction of sp³-hybridized carbons (Fsp3) is 0.118. The molecular weight excluding hydrogens is 1740 g/mol. The van der Waals surface area contributed by atoms with Gasteiger partial charge < -0.3 is 34.3 Å². The van der Waals surface area contributed by atoms with Gasteiger partial charge in [0.05, 0.1) is 28.1 Å². The predicted molar refractivity (Wildman–Crippen MR) is 554 cm³/mol. The van der Waals surface area contributed by atoms with Gasteiger partial charge in [0.1, 0.15) is 6.29 Å². The molecule has 4 aliphatic rings. The molecule has 6 heterocycles. The van der Waals surface area contributed by atoms with Crippen molar-refractivity contribution in [2.45, 2.75) is 77.2 Å². The second-order valence-electron chi connectivity index (χ2n) is 34.4. The van der Waals surface area contributed by atoms with Gasteiger partial charge in [-0.1, -0.05) is 287 Å². The van der Waals surface area contributed by atoms with E-state index < -0.39 is 0 Å². The molecule has 0 saturated carbocycles. The molecule has 0 amide bonds. The molecule has 8 nitrogen and oxygen atoms in total. The van der Waals surface area contributed by atoms with Crippen molar-refractivity contribution in [2.24, 2.45) is 0 Å². The summed E-state index contributed by atoms with van der Waals surface area (Å²) in [4.78, 5) is 11.5. The second-order valence-corrected chi connectivity index (χ2v) is 36.2. The molecular formula is C119H95BBr2N6NaO2. The quantitative estimate of drug-likeness (QED) is 0.0822. The molecule has 0 spiro atoms. The van der Waals surface area contributed by atoms with E-state index in [2.05, 4.69) is 431 Å². The molecule has 1 fully saturated rings. The van der Waals surface area contributed by atoms with Gasteiger partial charge >= 0.3 is 29.6 Å². The van der Waals surface area contributed by atoms with Crippen LogP contribution in [0.1, 0.15) is 86.3 Å². The summed E-state index contributed by atoms with van der Waals surface area (Å²) < 4.78 is 19.1. The fourth-order valence-electron chi connectivity index (χ4n) is 20.8. The number of aryl methyl sites for hydroxylation is 6. The SMILES string of the molecule is Brc1ccc2c(c1)-c1cc(Br)ccc1C2.C1CCOC1.C=Cn1c2ccccc2c2ccccc21.O=Cc1ccc(-n2c3ccc(CCn4c5ccccc5c5ccccc54)cc3c3cc(CCn4c5ccccc5c5ccccc54)ccc32)cc1.[B].[H-].[Na+].c1ccc2c(c1)-c1ccccc1C2NCc1ccc2c(c1)-c1cc(CCn3c4ccccc4c4ccccc43)ccc1C2. The average molecular weight is 1830 g/mol. The number of halogens is 2. The molecule has 5 aromatic heterocycles. The molecule has 1 saturated heterocycles. The molecule has 0 unspecified atom stereocenters. The number of nitrogens with zero attached hydrogens (tertiary/aromatic N) is 5. The molecule has 631 valence electrons. The summed E-state index contributed by atoms with van der Waals surface area (Å²) in [5.41, 5.74) is 36.4. The topological polar surface area (TPSA) is 63.0 Å². The first-order chi connectivity index (χ1) is 63.7. The number of aldehydes is 1. The zero-order chi connectivity index (χ0) is 86.4. The Morgan fingerprint density at radius 3 is 1.03 bits per heavy atom. The van der Waals surface area contributed by atoms with E-state index in [4.69, 9.17) is 4.74 Å². The number of aromatic nitrogens is 5. The Labute approximate surface area is 805 Å². The first-order valence-corrected chi connectivity index (χ1v) is 46.7. The predicted octanol–water partition coefficient (Wildman–Crippen LogP) is 27.0. The number of carbonyl (C=O) groups excluding carboxylic acids is 1. The zero-order valence-corrected chi connectivity index (χ0v) is 78.5. The molecule has 131 heavy (non-hydrogen) atoms. The first-order valence-electron chi connectivity index (χ1n) is 45.1. The summed E-state index contributed by atoms with van der Waals surface area (Å²) in [5, 5.41) is 16.9. The summed E-state index contributed by atoms with van der Waals surface area (Å²) in [6, 6.07) is 136. The van der Waals surface area contributed by atoms with Crippen molar-refractivity contribution in [1.29, 1.82) is 0 Å². The maximum absolute atomic E-state index is 11.5. The van der Waals surface area contributed by atoms with Crippen LogP contribution in [0.4, 0.5) is 0 Å². The van der Waals surface area contributed by atoms with Crippen LogP contribution in [0.2, 0.25) is 0 Å². The van der Waals surface area contributed by atoms with Crippen LogP contribution in [0.25, 0.3) is 154 Å². The number of hydrogen-bond donors (Lipinski definition) is 1. The van der Waals surface area contributed by atoms with E-state index in [1.165, 1.54) is 211 Å². The van der Waals surface area contributed by atoms with E-state index in [0.29, 0.717) is 5.56 Å².